The Morgan fingerprint density at radius 2 is 1.85 bits per heavy atom. The lowest BCUT2D eigenvalue weighted by atomic mass is 10.1. The van der Waals surface area contributed by atoms with Crippen LogP contribution in [0.25, 0.3) is 5.65 Å². The Labute approximate surface area is 195 Å². The van der Waals surface area contributed by atoms with Crippen molar-refractivity contribution in [3.63, 3.8) is 0 Å². The number of pyridine rings is 2. The maximum atomic E-state index is 4.98. The van der Waals surface area contributed by atoms with Gasteiger partial charge >= 0.3 is 0 Å². The molecule has 0 N–H and O–H groups in total. The van der Waals surface area contributed by atoms with Crippen LogP contribution in [-0.2, 0) is 19.3 Å². The van der Waals surface area contributed by atoms with Gasteiger partial charge in [0.05, 0.1) is 12.1 Å². The molecule has 1 fully saturated rings. The van der Waals surface area contributed by atoms with Crippen molar-refractivity contribution in [1.29, 1.82) is 0 Å². The summed E-state index contributed by atoms with van der Waals surface area (Å²) in [4.78, 5) is 23.6. The maximum absolute atomic E-state index is 4.98. The van der Waals surface area contributed by atoms with E-state index in [2.05, 4.69) is 77.3 Å². The smallest absolute Gasteiger partial charge is 0.136 e. The SMILES string of the molecule is CCc1ccnc(Cc2nc(Cc3ccn4ccnc4c3)cc(N3CC[C@H](N(C)C)C3)n2)c1. The molecule has 7 nitrogen and oxygen atoms in total. The topological polar surface area (TPSA) is 62.5 Å². The highest BCUT2D eigenvalue weighted by Crippen LogP contribution is 2.23. The molecule has 0 aromatic carbocycles. The van der Waals surface area contributed by atoms with Crippen molar-refractivity contribution in [2.75, 3.05) is 32.1 Å². The van der Waals surface area contributed by atoms with Crippen molar-refractivity contribution < 1.29 is 0 Å². The van der Waals surface area contributed by atoms with E-state index in [-0.39, 0.29) is 0 Å². The van der Waals surface area contributed by atoms with E-state index in [1.165, 1.54) is 11.1 Å². The maximum Gasteiger partial charge on any atom is 0.136 e. The fourth-order valence-corrected chi connectivity index (χ4v) is 4.52. The molecule has 0 spiro atoms. The standard InChI is InChI=1S/C26H31N7/c1-4-19-5-8-27-21(13-19)16-24-29-22(14-20-6-10-32-12-9-28-25(32)15-20)17-26(30-24)33-11-7-23(18-33)31(2)3/h5-6,8-10,12-13,15,17,23H,4,7,11,14,16,18H2,1-3H3/t23-/m0/s1. The van der Waals surface area contributed by atoms with Crippen LogP contribution in [-0.4, -0.2) is 62.5 Å². The summed E-state index contributed by atoms with van der Waals surface area (Å²) in [7, 11) is 4.31. The van der Waals surface area contributed by atoms with Crippen LogP contribution in [0.2, 0.25) is 0 Å². The number of aromatic nitrogens is 5. The zero-order valence-corrected chi connectivity index (χ0v) is 19.6. The summed E-state index contributed by atoms with van der Waals surface area (Å²) in [5.41, 5.74) is 5.49. The van der Waals surface area contributed by atoms with Gasteiger partial charge in [-0.25, -0.2) is 15.0 Å². The molecular formula is C26H31N7. The summed E-state index contributed by atoms with van der Waals surface area (Å²) in [6, 6.07) is 11.2. The summed E-state index contributed by atoms with van der Waals surface area (Å²) in [6.07, 6.45) is 11.3. The number of aryl methyl sites for hydroxylation is 1. The van der Waals surface area contributed by atoms with Crippen LogP contribution in [0, 0.1) is 0 Å². The first-order valence-corrected chi connectivity index (χ1v) is 11.7. The van der Waals surface area contributed by atoms with Crippen LogP contribution >= 0.6 is 0 Å². The Balaban J connectivity index is 1.46. The minimum atomic E-state index is 0.553. The average Bonchev–Trinajstić information content (AvgIpc) is 3.49. The van der Waals surface area contributed by atoms with Gasteiger partial charge in [-0.3, -0.25) is 4.98 Å². The molecule has 33 heavy (non-hydrogen) atoms. The molecule has 5 heterocycles. The van der Waals surface area contributed by atoms with Crippen molar-refractivity contribution in [2.24, 2.45) is 0 Å². The summed E-state index contributed by atoms with van der Waals surface area (Å²) < 4.78 is 2.03. The Hall–Kier alpha value is -3.32. The molecule has 4 aromatic rings. The van der Waals surface area contributed by atoms with Gasteiger partial charge in [0.25, 0.3) is 0 Å². The van der Waals surface area contributed by atoms with E-state index in [1.54, 1.807) is 0 Å². The highest BCUT2D eigenvalue weighted by molar-refractivity contribution is 5.45. The normalized spacial score (nSPS) is 16.2. The molecule has 7 heteroatoms. The molecule has 1 aliphatic rings. The van der Waals surface area contributed by atoms with Crippen LogP contribution in [0.15, 0.2) is 55.1 Å². The third-order valence-corrected chi connectivity index (χ3v) is 6.51. The molecule has 5 rings (SSSR count). The fourth-order valence-electron chi connectivity index (χ4n) is 4.52. The van der Waals surface area contributed by atoms with Crippen molar-refractivity contribution in [3.8, 4) is 0 Å². The quantitative estimate of drug-likeness (QED) is 0.438. The van der Waals surface area contributed by atoms with Gasteiger partial charge in [-0.05, 0) is 62.3 Å². The van der Waals surface area contributed by atoms with E-state index in [4.69, 9.17) is 9.97 Å². The molecule has 170 valence electrons. The van der Waals surface area contributed by atoms with E-state index in [1.807, 2.05) is 23.0 Å². The number of imidazole rings is 1. The lowest BCUT2D eigenvalue weighted by molar-refractivity contribution is 0.315. The molecular weight excluding hydrogens is 410 g/mol. The molecule has 0 amide bonds. The second-order valence-corrected chi connectivity index (χ2v) is 9.08. The van der Waals surface area contributed by atoms with E-state index in [0.717, 1.165) is 61.0 Å². The number of fused-ring (bicyclic) bond motifs is 1. The largest absolute Gasteiger partial charge is 0.355 e. The number of hydrogen-bond donors (Lipinski definition) is 0. The van der Waals surface area contributed by atoms with Crippen LogP contribution < -0.4 is 4.90 Å². The van der Waals surface area contributed by atoms with Gasteiger partial charge in [0, 0.05) is 62.1 Å². The molecule has 4 aromatic heterocycles. The predicted octanol–water partition coefficient (Wildman–Crippen LogP) is 3.40. The monoisotopic (exact) mass is 441 g/mol. The number of rotatable bonds is 7. The lowest BCUT2D eigenvalue weighted by Crippen LogP contribution is -2.32. The Kier molecular flexibility index (Phi) is 6.05. The zero-order valence-electron chi connectivity index (χ0n) is 19.6. The van der Waals surface area contributed by atoms with Gasteiger partial charge in [-0.1, -0.05) is 6.92 Å². The number of likely N-dealkylation sites (N-methyl/N-ethyl adjacent to an activating group) is 1. The van der Waals surface area contributed by atoms with Crippen LogP contribution in [0.3, 0.4) is 0 Å². The van der Waals surface area contributed by atoms with Gasteiger partial charge in [0.15, 0.2) is 0 Å². The summed E-state index contributed by atoms with van der Waals surface area (Å²) >= 11 is 0. The summed E-state index contributed by atoms with van der Waals surface area (Å²) in [6.45, 7) is 4.18. The van der Waals surface area contributed by atoms with Gasteiger partial charge < -0.3 is 14.2 Å². The third-order valence-electron chi connectivity index (χ3n) is 6.51. The molecule has 1 atom stereocenters. The Morgan fingerprint density at radius 1 is 0.939 bits per heavy atom. The highest BCUT2D eigenvalue weighted by atomic mass is 15.3. The molecule has 0 radical (unpaired) electrons. The zero-order chi connectivity index (χ0) is 22.8. The van der Waals surface area contributed by atoms with Crippen LogP contribution in [0.4, 0.5) is 5.82 Å². The van der Waals surface area contributed by atoms with Crippen molar-refractivity contribution in [2.45, 2.75) is 38.6 Å². The lowest BCUT2D eigenvalue weighted by Gasteiger charge is -2.22. The van der Waals surface area contributed by atoms with Gasteiger partial charge in [0.1, 0.15) is 17.3 Å². The summed E-state index contributed by atoms with van der Waals surface area (Å²) in [5, 5.41) is 0. The van der Waals surface area contributed by atoms with Crippen LogP contribution in [0.1, 0.15) is 41.7 Å². The van der Waals surface area contributed by atoms with E-state index >= 15 is 0 Å². The Bertz CT molecular complexity index is 1250. The van der Waals surface area contributed by atoms with Gasteiger partial charge in [-0.15, -0.1) is 0 Å². The molecule has 0 aliphatic carbocycles. The Morgan fingerprint density at radius 3 is 2.67 bits per heavy atom. The van der Waals surface area contributed by atoms with E-state index < -0.39 is 0 Å². The number of hydrogen-bond acceptors (Lipinski definition) is 6. The number of nitrogens with zero attached hydrogens (tertiary/aromatic N) is 7. The second-order valence-electron chi connectivity index (χ2n) is 9.08. The third kappa shape index (κ3) is 4.88. The highest BCUT2D eigenvalue weighted by Gasteiger charge is 2.25. The first-order chi connectivity index (χ1) is 16.1. The van der Waals surface area contributed by atoms with Gasteiger partial charge in [-0.2, -0.15) is 0 Å². The van der Waals surface area contributed by atoms with E-state index in [9.17, 15) is 0 Å². The molecule has 0 unspecified atom stereocenters. The summed E-state index contributed by atoms with van der Waals surface area (Å²) in [5.74, 6) is 1.85. The van der Waals surface area contributed by atoms with Crippen molar-refractivity contribution in [3.05, 3.63) is 83.5 Å². The minimum Gasteiger partial charge on any atom is -0.355 e. The molecule has 0 saturated carbocycles. The van der Waals surface area contributed by atoms with Crippen molar-refractivity contribution >= 4 is 11.5 Å². The predicted molar refractivity (Wildman–Crippen MR) is 131 cm³/mol. The van der Waals surface area contributed by atoms with Crippen LogP contribution in [0.5, 0.6) is 0 Å². The van der Waals surface area contributed by atoms with E-state index in [0.29, 0.717) is 12.5 Å². The minimum absolute atomic E-state index is 0.553. The van der Waals surface area contributed by atoms with Crippen molar-refractivity contribution in [1.82, 2.24) is 29.2 Å². The second kappa shape index (κ2) is 9.27. The average molecular weight is 442 g/mol. The van der Waals surface area contributed by atoms with Gasteiger partial charge in [0.2, 0.25) is 0 Å². The fraction of sp³-hybridized carbons (Fsp3) is 0.385. The molecule has 1 aliphatic heterocycles. The molecule has 1 saturated heterocycles. The first kappa shape index (κ1) is 21.5. The number of anilines is 1. The first-order valence-electron chi connectivity index (χ1n) is 11.7. The molecule has 0 bridgehead atoms.